The molecule has 1 fully saturated rings. The van der Waals surface area contributed by atoms with Crippen molar-refractivity contribution >= 4 is 52.2 Å². The third-order valence-electron chi connectivity index (χ3n) is 4.46. The van der Waals surface area contributed by atoms with Crippen molar-refractivity contribution < 1.29 is 29.0 Å². The minimum Gasteiger partial charge on any atom is -0.480 e. The number of carboxylic acid groups (broad SMARTS) is 1. The Morgan fingerprint density at radius 3 is 2.31 bits per heavy atom. The standard InChI is InChI=1S/C22H20N2O6S2/c1-29-21(28)17(23)10-13-2-6-15(7-3-13)30-16-8-4-14(5-9-16)11-18-20(27)24(12-19(25)26)22(31)32-18/h2-9,11,17H,10,12,23H2,1H3,(H,25,26). The monoisotopic (exact) mass is 472 g/mol. The molecule has 10 heteroatoms. The van der Waals surface area contributed by atoms with Crippen molar-refractivity contribution in [2.24, 2.45) is 5.73 Å². The highest BCUT2D eigenvalue weighted by molar-refractivity contribution is 8.26. The zero-order chi connectivity index (χ0) is 23.3. The number of rotatable bonds is 8. The summed E-state index contributed by atoms with van der Waals surface area (Å²) in [6, 6.07) is 13.6. The first-order valence-corrected chi connectivity index (χ1v) is 10.7. The number of ether oxygens (including phenoxy) is 2. The summed E-state index contributed by atoms with van der Waals surface area (Å²) < 4.78 is 10.7. The predicted octanol–water partition coefficient (Wildman–Crippen LogP) is 2.81. The molecule has 3 rings (SSSR count). The highest BCUT2D eigenvalue weighted by Gasteiger charge is 2.33. The van der Waals surface area contributed by atoms with Gasteiger partial charge < -0.3 is 20.3 Å². The Balaban J connectivity index is 1.62. The van der Waals surface area contributed by atoms with Crippen LogP contribution in [0, 0.1) is 0 Å². The van der Waals surface area contributed by atoms with E-state index in [1.54, 1.807) is 42.5 Å². The summed E-state index contributed by atoms with van der Waals surface area (Å²) in [4.78, 5) is 36.1. The van der Waals surface area contributed by atoms with E-state index in [-0.39, 0.29) is 4.32 Å². The van der Waals surface area contributed by atoms with Crippen molar-refractivity contribution in [3.8, 4) is 11.5 Å². The number of thioether (sulfide) groups is 1. The van der Waals surface area contributed by atoms with Crippen LogP contribution in [0.5, 0.6) is 11.5 Å². The maximum absolute atomic E-state index is 12.3. The first kappa shape index (κ1) is 23.5. The fraction of sp³-hybridized carbons (Fsp3) is 0.182. The van der Waals surface area contributed by atoms with Crippen LogP contribution < -0.4 is 10.5 Å². The number of carbonyl (C=O) groups excluding carboxylic acids is 2. The summed E-state index contributed by atoms with van der Waals surface area (Å²) in [5.41, 5.74) is 7.40. The lowest BCUT2D eigenvalue weighted by molar-refractivity contribution is -0.142. The second kappa shape index (κ2) is 10.4. The van der Waals surface area contributed by atoms with Gasteiger partial charge in [-0.25, -0.2) is 0 Å². The average molecular weight is 473 g/mol. The van der Waals surface area contributed by atoms with Gasteiger partial charge in [0.25, 0.3) is 5.91 Å². The normalized spacial score (nSPS) is 15.7. The number of hydrogen-bond acceptors (Lipinski definition) is 8. The van der Waals surface area contributed by atoms with Crippen LogP contribution in [-0.2, 0) is 25.5 Å². The van der Waals surface area contributed by atoms with E-state index in [9.17, 15) is 14.4 Å². The molecular weight excluding hydrogens is 452 g/mol. The molecule has 2 aromatic carbocycles. The lowest BCUT2D eigenvalue weighted by atomic mass is 10.1. The number of thiocarbonyl (C=S) groups is 1. The Bertz CT molecular complexity index is 1070. The van der Waals surface area contributed by atoms with Gasteiger partial charge in [-0.05, 0) is 47.9 Å². The fourth-order valence-corrected chi connectivity index (χ4v) is 4.13. The van der Waals surface area contributed by atoms with Gasteiger partial charge in [0.2, 0.25) is 0 Å². The molecule has 0 bridgehead atoms. The minimum absolute atomic E-state index is 0.222. The molecule has 0 saturated carbocycles. The van der Waals surface area contributed by atoms with Crippen LogP contribution in [0.2, 0.25) is 0 Å². The number of nitrogens with zero attached hydrogens (tertiary/aromatic N) is 1. The zero-order valence-electron chi connectivity index (χ0n) is 17.0. The van der Waals surface area contributed by atoms with Crippen LogP contribution >= 0.6 is 24.0 Å². The van der Waals surface area contributed by atoms with Gasteiger partial charge in [0.1, 0.15) is 28.4 Å². The summed E-state index contributed by atoms with van der Waals surface area (Å²) in [5, 5.41) is 8.90. The van der Waals surface area contributed by atoms with Gasteiger partial charge in [0.05, 0.1) is 12.0 Å². The molecule has 1 aliphatic heterocycles. The molecule has 0 radical (unpaired) electrons. The van der Waals surface area contributed by atoms with E-state index < -0.39 is 30.4 Å². The Hall–Kier alpha value is -3.21. The summed E-state index contributed by atoms with van der Waals surface area (Å²) in [5.74, 6) is -0.796. The molecule has 2 aromatic rings. The Morgan fingerprint density at radius 1 is 1.16 bits per heavy atom. The van der Waals surface area contributed by atoms with E-state index in [0.29, 0.717) is 22.8 Å². The number of esters is 1. The summed E-state index contributed by atoms with van der Waals surface area (Å²) in [6.07, 6.45) is 2.02. The van der Waals surface area contributed by atoms with Gasteiger partial charge in [-0.3, -0.25) is 19.3 Å². The molecule has 1 heterocycles. The maximum Gasteiger partial charge on any atom is 0.323 e. The predicted molar refractivity (Wildman–Crippen MR) is 124 cm³/mol. The highest BCUT2D eigenvalue weighted by atomic mass is 32.2. The van der Waals surface area contributed by atoms with Crippen molar-refractivity contribution in [1.29, 1.82) is 0 Å². The second-order valence-corrected chi connectivity index (χ2v) is 8.49. The summed E-state index contributed by atoms with van der Waals surface area (Å²) in [6.45, 7) is -0.456. The van der Waals surface area contributed by atoms with Gasteiger partial charge >= 0.3 is 11.9 Å². The molecule has 166 valence electrons. The number of aliphatic carboxylic acids is 1. The molecular formula is C22H20N2O6S2. The summed E-state index contributed by atoms with van der Waals surface area (Å²) in [7, 11) is 1.30. The van der Waals surface area contributed by atoms with E-state index in [1.165, 1.54) is 7.11 Å². The Labute approximate surface area is 194 Å². The van der Waals surface area contributed by atoms with Crippen LogP contribution in [0.25, 0.3) is 6.08 Å². The van der Waals surface area contributed by atoms with Gasteiger partial charge in [0, 0.05) is 0 Å². The number of carboxylic acids is 1. The second-order valence-electron chi connectivity index (χ2n) is 6.81. The molecule has 3 N–H and O–H groups in total. The van der Waals surface area contributed by atoms with Crippen LogP contribution in [0.1, 0.15) is 11.1 Å². The van der Waals surface area contributed by atoms with E-state index >= 15 is 0 Å². The van der Waals surface area contributed by atoms with Crippen molar-refractivity contribution in [1.82, 2.24) is 4.90 Å². The quantitative estimate of drug-likeness (QED) is 0.339. The number of carbonyl (C=O) groups is 3. The Kier molecular flexibility index (Phi) is 7.62. The van der Waals surface area contributed by atoms with Crippen molar-refractivity contribution in [3.05, 3.63) is 64.6 Å². The smallest absolute Gasteiger partial charge is 0.323 e. The largest absolute Gasteiger partial charge is 0.480 e. The number of nitrogens with two attached hydrogens (primary N) is 1. The third kappa shape index (κ3) is 5.94. The van der Waals surface area contributed by atoms with Gasteiger partial charge in [-0.1, -0.05) is 48.2 Å². The zero-order valence-corrected chi connectivity index (χ0v) is 18.7. The lowest BCUT2D eigenvalue weighted by Gasteiger charge is -2.10. The SMILES string of the molecule is COC(=O)C(N)Cc1ccc(Oc2ccc(C=C3SC(=S)N(CC(=O)O)C3=O)cc2)cc1. The van der Waals surface area contributed by atoms with Crippen molar-refractivity contribution in [3.63, 3.8) is 0 Å². The molecule has 0 aliphatic carbocycles. The highest BCUT2D eigenvalue weighted by Crippen LogP contribution is 2.32. The summed E-state index contributed by atoms with van der Waals surface area (Å²) >= 11 is 6.16. The van der Waals surface area contributed by atoms with E-state index in [4.69, 9.17) is 27.8 Å². The van der Waals surface area contributed by atoms with Crippen molar-refractivity contribution in [2.75, 3.05) is 13.7 Å². The first-order valence-electron chi connectivity index (χ1n) is 9.44. The molecule has 1 unspecified atom stereocenters. The molecule has 0 aromatic heterocycles. The van der Waals surface area contributed by atoms with E-state index in [1.807, 2.05) is 12.1 Å². The molecule has 32 heavy (non-hydrogen) atoms. The Morgan fingerprint density at radius 2 is 1.75 bits per heavy atom. The van der Waals surface area contributed by atoms with E-state index in [2.05, 4.69) is 4.74 Å². The van der Waals surface area contributed by atoms with E-state index in [0.717, 1.165) is 27.8 Å². The molecule has 1 aliphatic rings. The molecule has 1 saturated heterocycles. The average Bonchev–Trinajstić information content (AvgIpc) is 3.02. The molecule has 8 nitrogen and oxygen atoms in total. The minimum atomic E-state index is -1.12. The lowest BCUT2D eigenvalue weighted by Crippen LogP contribution is -2.33. The van der Waals surface area contributed by atoms with Crippen LogP contribution in [0.15, 0.2) is 53.4 Å². The first-order chi connectivity index (χ1) is 15.3. The molecule has 1 amide bonds. The third-order valence-corrected chi connectivity index (χ3v) is 5.84. The van der Waals surface area contributed by atoms with Crippen LogP contribution in [0.4, 0.5) is 0 Å². The maximum atomic E-state index is 12.3. The molecule has 0 spiro atoms. The number of methoxy groups -OCH3 is 1. The molecule has 1 atom stereocenters. The van der Waals surface area contributed by atoms with Crippen LogP contribution in [-0.4, -0.2) is 51.9 Å². The van der Waals surface area contributed by atoms with Gasteiger partial charge in [-0.2, -0.15) is 0 Å². The van der Waals surface area contributed by atoms with Gasteiger partial charge in [0.15, 0.2) is 0 Å². The number of benzene rings is 2. The van der Waals surface area contributed by atoms with Crippen molar-refractivity contribution in [2.45, 2.75) is 12.5 Å². The topological polar surface area (TPSA) is 119 Å². The number of hydrogen-bond donors (Lipinski definition) is 2. The fourth-order valence-electron chi connectivity index (χ4n) is 2.87. The number of amides is 1. The van der Waals surface area contributed by atoms with Gasteiger partial charge in [-0.15, -0.1) is 0 Å². The van der Waals surface area contributed by atoms with Crippen LogP contribution in [0.3, 0.4) is 0 Å².